The molecule has 0 aromatic heterocycles. The molecule has 1 saturated heterocycles. The predicted molar refractivity (Wildman–Crippen MR) is 73.0 cm³/mol. The van der Waals surface area contributed by atoms with E-state index in [4.69, 9.17) is 5.73 Å². The number of benzene rings is 1. The Morgan fingerprint density at radius 2 is 1.79 bits per heavy atom. The monoisotopic (exact) mass is 266 g/mol. The Bertz CT molecular complexity index is 475. The Balaban J connectivity index is 1.85. The molecule has 0 amide bonds. The molecule has 104 valence electrons. The normalized spacial score (nSPS) is 27.2. The first-order valence-electron chi connectivity index (χ1n) is 7.15. The second-order valence-electron chi connectivity index (χ2n) is 5.84. The van der Waals surface area contributed by atoms with Crippen LogP contribution in [0.1, 0.15) is 32.1 Å². The third-order valence-corrected chi connectivity index (χ3v) is 4.71. The van der Waals surface area contributed by atoms with Gasteiger partial charge in [0.2, 0.25) is 0 Å². The topological polar surface area (TPSA) is 29.3 Å². The lowest BCUT2D eigenvalue weighted by Gasteiger charge is -2.42. The van der Waals surface area contributed by atoms with E-state index in [1.807, 2.05) is 4.90 Å². The number of rotatable bonds is 1. The average Bonchev–Trinajstić information content (AvgIpc) is 2.43. The third kappa shape index (κ3) is 2.28. The lowest BCUT2D eigenvalue weighted by atomic mass is 9.75. The molecular formula is C15H20F2N2. The molecule has 4 heteroatoms. The van der Waals surface area contributed by atoms with E-state index in [0.717, 1.165) is 31.5 Å². The van der Waals surface area contributed by atoms with Crippen molar-refractivity contribution in [1.29, 1.82) is 0 Å². The zero-order chi connectivity index (χ0) is 13.4. The van der Waals surface area contributed by atoms with Crippen LogP contribution in [0.15, 0.2) is 12.1 Å². The molecule has 1 aromatic rings. The van der Waals surface area contributed by atoms with E-state index < -0.39 is 11.6 Å². The Labute approximate surface area is 112 Å². The molecule has 2 N–H and O–H groups in total. The fraction of sp³-hybridized carbons (Fsp3) is 0.600. The minimum Gasteiger partial charge on any atom is -0.397 e. The number of piperidine rings is 1. The average molecular weight is 266 g/mol. The molecular weight excluding hydrogens is 246 g/mol. The van der Waals surface area contributed by atoms with Crippen molar-refractivity contribution in [1.82, 2.24) is 0 Å². The third-order valence-electron chi connectivity index (χ3n) is 4.71. The van der Waals surface area contributed by atoms with E-state index in [1.54, 1.807) is 0 Å². The molecule has 2 fully saturated rings. The van der Waals surface area contributed by atoms with Gasteiger partial charge in [0.05, 0.1) is 11.4 Å². The van der Waals surface area contributed by atoms with Crippen LogP contribution in [0.4, 0.5) is 20.2 Å². The molecule has 3 rings (SSSR count). The van der Waals surface area contributed by atoms with Crippen LogP contribution < -0.4 is 10.6 Å². The summed E-state index contributed by atoms with van der Waals surface area (Å²) in [5, 5.41) is 0. The Morgan fingerprint density at radius 1 is 1.05 bits per heavy atom. The first-order chi connectivity index (χ1) is 9.16. The number of nitrogens with zero attached hydrogens (tertiary/aromatic N) is 1. The summed E-state index contributed by atoms with van der Waals surface area (Å²) >= 11 is 0. The number of nitrogens with two attached hydrogens (primary N) is 1. The van der Waals surface area contributed by atoms with Crippen LogP contribution in [0.2, 0.25) is 0 Å². The highest BCUT2D eigenvalue weighted by Gasteiger charge is 2.33. The van der Waals surface area contributed by atoms with Gasteiger partial charge in [0.25, 0.3) is 0 Å². The first-order valence-corrected chi connectivity index (χ1v) is 7.15. The lowest BCUT2D eigenvalue weighted by molar-refractivity contribution is 0.202. The van der Waals surface area contributed by atoms with Crippen molar-refractivity contribution in [2.75, 3.05) is 23.7 Å². The van der Waals surface area contributed by atoms with Crippen LogP contribution in [0.25, 0.3) is 0 Å². The number of nitrogen functional groups attached to an aromatic ring is 1. The van der Waals surface area contributed by atoms with Gasteiger partial charge in [0.1, 0.15) is 0 Å². The molecule has 2 unspecified atom stereocenters. The fourth-order valence-electron chi connectivity index (χ4n) is 3.68. The summed E-state index contributed by atoms with van der Waals surface area (Å²) < 4.78 is 27.4. The van der Waals surface area contributed by atoms with Gasteiger partial charge in [-0.3, -0.25) is 0 Å². The van der Waals surface area contributed by atoms with Crippen LogP contribution >= 0.6 is 0 Å². The van der Waals surface area contributed by atoms with Crippen LogP contribution in [-0.2, 0) is 0 Å². The Morgan fingerprint density at radius 3 is 2.58 bits per heavy atom. The molecule has 1 aromatic carbocycles. The Kier molecular flexibility index (Phi) is 3.33. The molecule has 2 aliphatic rings. The second kappa shape index (κ2) is 4.99. The summed E-state index contributed by atoms with van der Waals surface area (Å²) in [6.07, 6.45) is 6.14. The summed E-state index contributed by atoms with van der Waals surface area (Å²) in [4.78, 5) is 1.94. The molecule has 1 saturated carbocycles. The maximum absolute atomic E-state index is 14.0. The van der Waals surface area contributed by atoms with Gasteiger partial charge in [0.15, 0.2) is 11.6 Å². The molecule has 0 bridgehead atoms. The Hall–Kier alpha value is -1.32. The fourth-order valence-corrected chi connectivity index (χ4v) is 3.68. The number of hydrogen-bond acceptors (Lipinski definition) is 2. The maximum atomic E-state index is 14.0. The van der Waals surface area contributed by atoms with Crippen LogP contribution in [0.5, 0.6) is 0 Å². The van der Waals surface area contributed by atoms with Gasteiger partial charge < -0.3 is 10.6 Å². The number of fused-ring (bicyclic) bond motifs is 1. The quantitative estimate of drug-likeness (QED) is 0.787. The van der Waals surface area contributed by atoms with E-state index in [0.29, 0.717) is 11.6 Å². The SMILES string of the molecule is Nc1ccc(F)c(F)c1N1CCC2CCCCC2C1. The molecule has 2 nitrogen and oxygen atoms in total. The van der Waals surface area contributed by atoms with Crippen molar-refractivity contribution >= 4 is 11.4 Å². The summed E-state index contributed by atoms with van der Waals surface area (Å²) in [6, 6.07) is 2.56. The highest BCUT2D eigenvalue weighted by molar-refractivity contribution is 5.68. The van der Waals surface area contributed by atoms with Crippen molar-refractivity contribution in [3.8, 4) is 0 Å². The molecule has 0 spiro atoms. The second-order valence-corrected chi connectivity index (χ2v) is 5.84. The maximum Gasteiger partial charge on any atom is 0.184 e. The minimum absolute atomic E-state index is 0.268. The van der Waals surface area contributed by atoms with Gasteiger partial charge in [0, 0.05) is 13.1 Å². The summed E-state index contributed by atoms with van der Waals surface area (Å²) in [6.45, 7) is 1.60. The van der Waals surface area contributed by atoms with E-state index in [2.05, 4.69) is 0 Å². The van der Waals surface area contributed by atoms with Gasteiger partial charge in [-0.05, 0) is 36.8 Å². The summed E-state index contributed by atoms with van der Waals surface area (Å²) in [5.74, 6) is -0.225. The zero-order valence-corrected chi connectivity index (χ0v) is 11.0. The molecule has 0 radical (unpaired) electrons. The van der Waals surface area contributed by atoms with E-state index in [9.17, 15) is 8.78 Å². The van der Waals surface area contributed by atoms with E-state index in [1.165, 1.54) is 31.7 Å². The van der Waals surface area contributed by atoms with Gasteiger partial charge in [-0.2, -0.15) is 0 Å². The highest BCUT2D eigenvalue weighted by Crippen LogP contribution is 2.39. The lowest BCUT2D eigenvalue weighted by Crippen LogP contribution is -2.42. The largest absolute Gasteiger partial charge is 0.397 e. The highest BCUT2D eigenvalue weighted by atomic mass is 19.2. The van der Waals surface area contributed by atoms with Gasteiger partial charge in [-0.25, -0.2) is 8.78 Å². The van der Waals surface area contributed by atoms with Crippen molar-refractivity contribution in [3.05, 3.63) is 23.8 Å². The number of hydrogen-bond donors (Lipinski definition) is 1. The summed E-state index contributed by atoms with van der Waals surface area (Å²) in [7, 11) is 0. The van der Waals surface area contributed by atoms with Crippen LogP contribution in [0.3, 0.4) is 0 Å². The van der Waals surface area contributed by atoms with Crippen molar-refractivity contribution in [2.24, 2.45) is 11.8 Å². The summed E-state index contributed by atoms with van der Waals surface area (Å²) in [5.41, 5.74) is 6.45. The molecule has 19 heavy (non-hydrogen) atoms. The van der Waals surface area contributed by atoms with Gasteiger partial charge in [-0.15, -0.1) is 0 Å². The predicted octanol–water partition coefficient (Wildman–Crippen LogP) is 3.56. The van der Waals surface area contributed by atoms with E-state index in [-0.39, 0.29) is 5.69 Å². The number of anilines is 2. The van der Waals surface area contributed by atoms with Crippen LogP contribution in [-0.4, -0.2) is 13.1 Å². The zero-order valence-electron chi connectivity index (χ0n) is 11.0. The molecule has 1 aliphatic heterocycles. The van der Waals surface area contributed by atoms with Crippen molar-refractivity contribution < 1.29 is 8.78 Å². The standard InChI is InChI=1S/C15H20F2N2/c16-12-5-6-13(18)15(14(12)17)19-8-7-10-3-1-2-4-11(10)9-19/h5-6,10-11H,1-4,7-9,18H2. The smallest absolute Gasteiger partial charge is 0.184 e. The molecule has 2 atom stereocenters. The van der Waals surface area contributed by atoms with Crippen molar-refractivity contribution in [3.63, 3.8) is 0 Å². The molecule has 1 heterocycles. The van der Waals surface area contributed by atoms with Crippen LogP contribution in [0, 0.1) is 23.5 Å². The van der Waals surface area contributed by atoms with Crippen molar-refractivity contribution in [2.45, 2.75) is 32.1 Å². The minimum atomic E-state index is -0.810. The number of halogens is 2. The first kappa shape index (κ1) is 12.7. The van der Waals surface area contributed by atoms with E-state index >= 15 is 0 Å². The van der Waals surface area contributed by atoms with Gasteiger partial charge in [-0.1, -0.05) is 19.3 Å². The molecule has 1 aliphatic carbocycles. The van der Waals surface area contributed by atoms with Gasteiger partial charge >= 0.3 is 0 Å².